The van der Waals surface area contributed by atoms with Gasteiger partial charge in [-0.25, -0.2) is 0 Å². The Labute approximate surface area is 134 Å². The Morgan fingerprint density at radius 2 is 1.57 bits per heavy atom. The molecule has 7 nitrogen and oxygen atoms in total. The summed E-state index contributed by atoms with van der Waals surface area (Å²) in [7, 11) is 0. The molecule has 5 aliphatic rings. The van der Waals surface area contributed by atoms with Crippen molar-refractivity contribution in [1.82, 2.24) is 10.9 Å². The van der Waals surface area contributed by atoms with Gasteiger partial charge in [0, 0.05) is 17.8 Å². The first-order valence-corrected chi connectivity index (χ1v) is 8.66. The van der Waals surface area contributed by atoms with Crippen LogP contribution in [0.3, 0.4) is 0 Å². The highest BCUT2D eigenvalue weighted by Crippen LogP contribution is 2.61. The number of rotatable bonds is 4. The summed E-state index contributed by atoms with van der Waals surface area (Å²) in [5.74, 6) is 1.18. The highest BCUT2D eigenvalue weighted by atomic mass is 16.6. The molecule has 0 saturated heterocycles. The van der Waals surface area contributed by atoms with Crippen molar-refractivity contribution in [3.05, 3.63) is 10.1 Å². The molecule has 5 fully saturated rings. The topological polar surface area (TPSA) is 101 Å². The van der Waals surface area contributed by atoms with E-state index in [4.69, 9.17) is 0 Å². The molecule has 0 radical (unpaired) electrons. The monoisotopic (exact) mass is 321 g/mol. The molecule has 2 amide bonds. The van der Waals surface area contributed by atoms with E-state index in [-0.39, 0.29) is 17.7 Å². The molecule has 5 aliphatic carbocycles. The molecule has 4 bridgehead atoms. The Kier molecular flexibility index (Phi) is 3.35. The summed E-state index contributed by atoms with van der Waals surface area (Å²) in [6, 6.07) is -0.782. The summed E-state index contributed by atoms with van der Waals surface area (Å²) in [5, 5.41) is 10.6. The van der Waals surface area contributed by atoms with Crippen molar-refractivity contribution in [3.8, 4) is 0 Å². The highest BCUT2D eigenvalue weighted by molar-refractivity contribution is 5.85. The average molecular weight is 321 g/mol. The Balaban J connectivity index is 1.28. The van der Waals surface area contributed by atoms with E-state index in [0.717, 1.165) is 37.0 Å². The normalized spacial score (nSPS) is 43.0. The molecule has 0 aromatic rings. The lowest BCUT2D eigenvalue weighted by Crippen LogP contribution is -2.50. The molecule has 5 saturated carbocycles. The molecular formula is C16H23N3O4. The van der Waals surface area contributed by atoms with Crippen LogP contribution < -0.4 is 10.9 Å². The van der Waals surface area contributed by atoms with Gasteiger partial charge in [0.05, 0.1) is 0 Å². The van der Waals surface area contributed by atoms with Crippen LogP contribution in [0, 0.1) is 39.2 Å². The van der Waals surface area contributed by atoms with Gasteiger partial charge in [0.1, 0.15) is 5.92 Å². The lowest BCUT2D eigenvalue weighted by atomic mass is 9.49. The van der Waals surface area contributed by atoms with Gasteiger partial charge in [0.15, 0.2) is 0 Å². The Morgan fingerprint density at radius 3 is 2.04 bits per heavy atom. The number of carbonyl (C=O) groups is 2. The standard InChI is InChI=1S/C16H23N3O4/c20-14(17-18-15(21)12-4-13(12)19(22)23)8-16-5-9-1-10(6-16)3-11(2-9)7-16/h9-13H,1-8H2,(H,17,20)(H,18,21)/t9?,10?,11?,12-,13-,16?/m0/s1. The van der Waals surface area contributed by atoms with E-state index >= 15 is 0 Å². The minimum absolute atomic E-state index is 0.131. The van der Waals surface area contributed by atoms with E-state index in [2.05, 4.69) is 10.9 Å². The molecule has 7 heteroatoms. The van der Waals surface area contributed by atoms with E-state index in [1.807, 2.05) is 0 Å². The van der Waals surface area contributed by atoms with Crippen LogP contribution in [0.25, 0.3) is 0 Å². The molecule has 0 unspecified atom stereocenters. The molecule has 126 valence electrons. The smallest absolute Gasteiger partial charge is 0.248 e. The van der Waals surface area contributed by atoms with Gasteiger partial charge < -0.3 is 0 Å². The lowest BCUT2D eigenvalue weighted by molar-refractivity contribution is -0.497. The largest absolute Gasteiger partial charge is 0.273 e. The summed E-state index contributed by atoms with van der Waals surface area (Å²) < 4.78 is 0. The predicted molar refractivity (Wildman–Crippen MR) is 80.4 cm³/mol. The van der Waals surface area contributed by atoms with Crippen LogP contribution in [-0.2, 0) is 9.59 Å². The van der Waals surface area contributed by atoms with Crippen molar-refractivity contribution >= 4 is 11.8 Å². The molecule has 2 N–H and O–H groups in total. The van der Waals surface area contributed by atoms with Crippen molar-refractivity contribution < 1.29 is 14.5 Å². The van der Waals surface area contributed by atoms with Crippen LogP contribution in [0.2, 0.25) is 0 Å². The number of nitro groups is 1. The minimum atomic E-state index is -0.782. The van der Waals surface area contributed by atoms with Crippen molar-refractivity contribution in [2.75, 3.05) is 0 Å². The summed E-state index contributed by atoms with van der Waals surface area (Å²) in [6.07, 6.45) is 8.18. The third-order valence-electron chi connectivity index (χ3n) is 6.39. The maximum Gasteiger partial charge on any atom is 0.248 e. The molecular weight excluding hydrogens is 298 g/mol. The van der Waals surface area contributed by atoms with Gasteiger partial charge in [-0.15, -0.1) is 0 Å². The van der Waals surface area contributed by atoms with Gasteiger partial charge in [-0.2, -0.15) is 0 Å². The fraction of sp³-hybridized carbons (Fsp3) is 0.875. The molecule has 5 rings (SSSR count). The molecule has 2 atom stereocenters. The van der Waals surface area contributed by atoms with Gasteiger partial charge in [0.25, 0.3) is 0 Å². The van der Waals surface area contributed by atoms with Crippen LogP contribution in [0.1, 0.15) is 51.4 Å². The van der Waals surface area contributed by atoms with Crippen LogP contribution in [0.5, 0.6) is 0 Å². The molecule has 23 heavy (non-hydrogen) atoms. The van der Waals surface area contributed by atoms with Gasteiger partial charge in [0.2, 0.25) is 17.9 Å². The van der Waals surface area contributed by atoms with Gasteiger partial charge in [-0.05, 0) is 61.7 Å². The number of nitrogens with zero attached hydrogens (tertiary/aromatic N) is 1. The third kappa shape index (κ3) is 2.81. The Hall–Kier alpha value is -1.66. The Morgan fingerprint density at radius 1 is 1.00 bits per heavy atom. The van der Waals surface area contributed by atoms with Crippen LogP contribution in [-0.4, -0.2) is 22.8 Å². The molecule has 0 aromatic carbocycles. The zero-order chi connectivity index (χ0) is 16.2. The van der Waals surface area contributed by atoms with Crippen LogP contribution in [0.4, 0.5) is 0 Å². The SMILES string of the molecule is O=C(CC12CC3CC(CC(C3)C1)C2)NNC(=O)[C@H]1C[C@@H]1[N+](=O)[O-]. The first kappa shape index (κ1) is 14.9. The lowest BCUT2D eigenvalue weighted by Gasteiger charge is -2.56. The number of amides is 2. The predicted octanol–water partition coefficient (Wildman–Crippen LogP) is 1.41. The maximum atomic E-state index is 12.2. The van der Waals surface area contributed by atoms with E-state index in [1.165, 1.54) is 19.3 Å². The zero-order valence-corrected chi connectivity index (χ0v) is 13.1. The summed E-state index contributed by atoms with van der Waals surface area (Å²) >= 11 is 0. The fourth-order valence-electron chi connectivity index (χ4n) is 5.81. The first-order valence-electron chi connectivity index (χ1n) is 8.66. The zero-order valence-electron chi connectivity index (χ0n) is 13.1. The van der Waals surface area contributed by atoms with Crippen molar-refractivity contribution in [2.24, 2.45) is 29.1 Å². The second kappa shape index (κ2) is 5.18. The minimum Gasteiger partial charge on any atom is -0.273 e. The maximum absolute atomic E-state index is 12.2. The molecule has 0 spiro atoms. The number of hydrogen-bond acceptors (Lipinski definition) is 4. The van der Waals surface area contributed by atoms with E-state index in [0.29, 0.717) is 6.42 Å². The highest BCUT2D eigenvalue weighted by Gasteiger charge is 2.54. The third-order valence-corrected chi connectivity index (χ3v) is 6.39. The quantitative estimate of drug-likeness (QED) is 0.603. The van der Waals surface area contributed by atoms with E-state index in [9.17, 15) is 19.7 Å². The first-order chi connectivity index (χ1) is 10.9. The van der Waals surface area contributed by atoms with E-state index < -0.39 is 22.8 Å². The van der Waals surface area contributed by atoms with Gasteiger partial charge in [-0.1, -0.05) is 0 Å². The van der Waals surface area contributed by atoms with Gasteiger partial charge >= 0.3 is 0 Å². The summed E-state index contributed by atoms with van der Waals surface area (Å²) in [6.45, 7) is 0. The fourth-order valence-corrected chi connectivity index (χ4v) is 5.81. The molecule has 0 aliphatic heterocycles. The second-order valence-electron chi connectivity index (χ2n) is 8.33. The van der Waals surface area contributed by atoms with Crippen molar-refractivity contribution in [1.29, 1.82) is 0 Å². The van der Waals surface area contributed by atoms with Crippen LogP contribution in [0.15, 0.2) is 0 Å². The average Bonchev–Trinajstić information content (AvgIpc) is 3.23. The number of hydrogen-bond donors (Lipinski definition) is 2. The van der Waals surface area contributed by atoms with Crippen molar-refractivity contribution in [3.63, 3.8) is 0 Å². The molecule has 0 heterocycles. The molecule has 0 aromatic heterocycles. The Bertz CT molecular complexity index is 526. The summed E-state index contributed by atoms with van der Waals surface area (Å²) in [5.41, 5.74) is 4.98. The summed E-state index contributed by atoms with van der Waals surface area (Å²) in [4.78, 5) is 34.1. The van der Waals surface area contributed by atoms with Crippen LogP contribution >= 0.6 is 0 Å². The number of hydrazine groups is 1. The number of nitrogens with one attached hydrogen (secondary N) is 2. The van der Waals surface area contributed by atoms with Gasteiger partial charge in [-0.3, -0.25) is 30.6 Å². The second-order valence-corrected chi connectivity index (χ2v) is 8.33. The number of carbonyl (C=O) groups excluding carboxylic acids is 2. The van der Waals surface area contributed by atoms with Crippen molar-refractivity contribution in [2.45, 2.75) is 57.4 Å². The van der Waals surface area contributed by atoms with E-state index in [1.54, 1.807) is 0 Å².